The maximum absolute atomic E-state index is 6.07. The molecule has 2 heteroatoms. The monoisotopic (exact) mass is 230 g/mol. The Morgan fingerprint density at radius 3 is 1.31 bits per heavy atom. The zero-order valence-electron chi connectivity index (χ0n) is 11.9. The third kappa shape index (κ3) is 6.49. The molecule has 0 unspecified atom stereocenters. The van der Waals surface area contributed by atoms with Crippen molar-refractivity contribution in [3.05, 3.63) is 0 Å². The van der Waals surface area contributed by atoms with Gasteiger partial charge in [0.15, 0.2) is 0 Å². The van der Waals surface area contributed by atoms with Gasteiger partial charge in [0.2, 0.25) is 0 Å². The Bertz CT molecular complexity index is 126. The van der Waals surface area contributed by atoms with E-state index in [0.717, 1.165) is 11.3 Å². The van der Waals surface area contributed by atoms with Crippen LogP contribution in [0.3, 0.4) is 0 Å². The lowest BCUT2D eigenvalue weighted by molar-refractivity contribution is -1.11. The van der Waals surface area contributed by atoms with Gasteiger partial charge < -0.3 is 0 Å². The first-order chi connectivity index (χ1) is 7.74. The summed E-state index contributed by atoms with van der Waals surface area (Å²) in [5, 5.41) is 0. The quantitative estimate of drug-likeness (QED) is 0.382. The molecule has 0 spiro atoms. The van der Waals surface area contributed by atoms with E-state index in [0.29, 0.717) is 0 Å². The highest BCUT2D eigenvalue weighted by atomic mass is 16.7. The van der Waals surface area contributed by atoms with Crippen molar-refractivity contribution in [2.45, 2.75) is 66.2 Å². The van der Waals surface area contributed by atoms with E-state index in [1.165, 1.54) is 58.2 Å². The molecule has 0 saturated heterocycles. The van der Waals surface area contributed by atoms with E-state index in [2.05, 4.69) is 27.7 Å². The van der Waals surface area contributed by atoms with Crippen molar-refractivity contribution in [3.63, 3.8) is 0 Å². The maximum atomic E-state index is 6.07. The summed E-state index contributed by atoms with van der Waals surface area (Å²) in [5.41, 5.74) is 0. The first-order valence-electron chi connectivity index (χ1n) is 7.25. The molecule has 0 heterocycles. The van der Waals surface area contributed by atoms with Gasteiger partial charge in [-0.25, -0.2) is 4.84 Å². The summed E-state index contributed by atoms with van der Waals surface area (Å²) < 4.78 is 0.909. The zero-order chi connectivity index (χ0) is 12.3. The van der Waals surface area contributed by atoms with Crippen molar-refractivity contribution < 1.29 is 9.48 Å². The molecule has 0 aromatic carbocycles. The van der Waals surface area contributed by atoms with Gasteiger partial charge in [-0.15, -0.1) is 0 Å². The third-order valence-corrected chi connectivity index (χ3v) is 3.16. The first-order valence-corrected chi connectivity index (χ1v) is 7.25. The Kier molecular flexibility index (Phi) is 10.0. The van der Waals surface area contributed by atoms with Crippen molar-refractivity contribution in [1.82, 2.24) is 0 Å². The highest BCUT2D eigenvalue weighted by Gasteiger charge is 2.27. The van der Waals surface area contributed by atoms with E-state index < -0.39 is 0 Å². The third-order valence-electron chi connectivity index (χ3n) is 3.16. The second-order valence-electron chi connectivity index (χ2n) is 4.71. The molecule has 0 fully saturated rings. The minimum absolute atomic E-state index is 0.844. The lowest BCUT2D eigenvalue weighted by Gasteiger charge is -2.35. The number of unbranched alkanes of at least 4 members (excludes halogenated alkanes) is 3. The first kappa shape index (κ1) is 15.9. The van der Waals surface area contributed by atoms with Crippen molar-refractivity contribution in [2.24, 2.45) is 0 Å². The number of hydroxylamine groups is 3. The van der Waals surface area contributed by atoms with Gasteiger partial charge in [-0.3, -0.25) is 0 Å². The molecule has 0 radical (unpaired) electrons. The number of quaternary nitrogens is 1. The fourth-order valence-corrected chi connectivity index (χ4v) is 2.14. The molecule has 0 aromatic heterocycles. The smallest absolute Gasteiger partial charge is 0.109 e. The Morgan fingerprint density at radius 1 is 0.688 bits per heavy atom. The molecular weight excluding hydrogens is 198 g/mol. The Balaban J connectivity index is 4.32. The van der Waals surface area contributed by atoms with Crippen LogP contribution in [0.25, 0.3) is 0 Å². The molecule has 0 aliphatic rings. The highest BCUT2D eigenvalue weighted by molar-refractivity contribution is 4.42. The van der Waals surface area contributed by atoms with Crippen LogP contribution in [-0.4, -0.2) is 30.9 Å². The van der Waals surface area contributed by atoms with Crippen molar-refractivity contribution in [1.29, 1.82) is 0 Å². The predicted molar refractivity (Wildman–Crippen MR) is 71.2 cm³/mol. The van der Waals surface area contributed by atoms with E-state index in [1.807, 2.05) is 0 Å². The second-order valence-corrected chi connectivity index (χ2v) is 4.71. The van der Waals surface area contributed by atoms with Crippen LogP contribution in [0.2, 0.25) is 0 Å². The van der Waals surface area contributed by atoms with Gasteiger partial charge in [0, 0.05) is 0 Å². The maximum Gasteiger partial charge on any atom is 0.109 e. The largest absolute Gasteiger partial charge is 0.203 e. The van der Waals surface area contributed by atoms with E-state index in [4.69, 9.17) is 4.84 Å². The van der Waals surface area contributed by atoms with E-state index >= 15 is 0 Å². The minimum Gasteiger partial charge on any atom is -0.203 e. The average molecular weight is 230 g/mol. The standard InChI is InChI=1S/C14H32NO/c1-5-9-12-15(16-8-4,13-10-6-2)14-11-7-3/h5-14H2,1-4H3/q+1. The van der Waals surface area contributed by atoms with Gasteiger partial charge >= 0.3 is 0 Å². The number of rotatable bonds is 11. The highest BCUT2D eigenvalue weighted by Crippen LogP contribution is 2.15. The van der Waals surface area contributed by atoms with Gasteiger partial charge in [0.25, 0.3) is 0 Å². The average Bonchev–Trinajstić information content (AvgIpc) is 2.31. The van der Waals surface area contributed by atoms with Gasteiger partial charge in [0.1, 0.15) is 26.2 Å². The van der Waals surface area contributed by atoms with Gasteiger partial charge in [-0.05, 0) is 26.2 Å². The lowest BCUT2D eigenvalue weighted by Crippen LogP contribution is -2.50. The van der Waals surface area contributed by atoms with Crippen LogP contribution in [-0.2, 0) is 4.84 Å². The fraction of sp³-hybridized carbons (Fsp3) is 1.00. The topological polar surface area (TPSA) is 9.23 Å². The minimum atomic E-state index is 0.844. The molecule has 0 rings (SSSR count). The van der Waals surface area contributed by atoms with Crippen LogP contribution in [0, 0.1) is 0 Å². The molecule has 0 saturated carbocycles. The number of hydrogen-bond donors (Lipinski definition) is 0. The van der Waals surface area contributed by atoms with Crippen molar-refractivity contribution in [3.8, 4) is 0 Å². The van der Waals surface area contributed by atoms with E-state index in [1.54, 1.807) is 0 Å². The Morgan fingerprint density at radius 2 is 1.06 bits per heavy atom. The Hall–Kier alpha value is -0.0800. The summed E-state index contributed by atoms with van der Waals surface area (Å²) in [6.07, 6.45) is 7.66. The predicted octanol–water partition coefficient (Wildman–Crippen LogP) is 4.16. The normalized spacial score (nSPS) is 12.0. The molecule has 0 aliphatic heterocycles. The van der Waals surface area contributed by atoms with Crippen LogP contribution in [0.15, 0.2) is 0 Å². The molecule has 0 atom stereocenters. The van der Waals surface area contributed by atoms with Gasteiger partial charge in [-0.2, -0.15) is 4.65 Å². The molecule has 0 aliphatic carbocycles. The number of hydrogen-bond acceptors (Lipinski definition) is 1. The summed E-state index contributed by atoms with van der Waals surface area (Å²) in [6, 6.07) is 0. The molecule has 2 nitrogen and oxygen atoms in total. The molecule has 0 amide bonds. The van der Waals surface area contributed by atoms with E-state index in [9.17, 15) is 0 Å². The summed E-state index contributed by atoms with van der Waals surface area (Å²) in [6.45, 7) is 13.4. The van der Waals surface area contributed by atoms with Crippen LogP contribution >= 0.6 is 0 Å². The fourth-order valence-electron chi connectivity index (χ4n) is 2.14. The lowest BCUT2D eigenvalue weighted by atomic mass is 10.2. The molecule has 16 heavy (non-hydrogen) atoms. The number of nitrogens with zero attached hydrogens (tertiary/aromatic N) is 1. The van der Waals surface area contributed by atoms with Crippen LogP contribution in [0.4, 0.5) is 0 Å². The summed E-state index contributed by atoms with van der Waals surface area (Å²) >= 11 is 0. The SMILES string of the molecule is CCCC[N+](CCCC)(CCCC)OCC. The van der Waals surface area contributed by atoms with Crippen molar-refractivity contribution >= 4 is 0 Å². The second kappa shape index (κ2) is 10.1. The summed E-state index contributed by atoms with van der Waals surface area (Å²) in [5.74, 6) is 0. The summed E-state index contributed by atoms with van der Waals surface area (Å²) in [7, 11) is 0. The van der Waals surface area contributed by atoms with Gasteiger partial charge in [-0.1, -0.05) is 40.0 Å². The molecule has 0 bridgehead atoms. The van der Waals surface area contributed by atoms with Crippen LogP contribution in [0.5, 0.6) is 0 Å². The molecule has 0 N–H and O–H groups in total. The molecule has 0 aromatic rings. The van der Waals surface area contributed by atoms with Crippen LogP contribution < -0.4 is 0 Å². The summed E-state index contributed by atoms with van der Waals surface area (Å²) in [4.78, 5) is 6.07. The Labute approximate surface area is 103 Å². The van der Waals surface area contributed by atoms with Crippen molar-refractivity contribution in [2.75, 3.05) is 26.2 Å². The van der Waals surface area contributed by atoms with Gasteiger partial charge in [0.05, 0.1) is 0 Å². The molecular formula is C14H32NO+. The zero-order valence-corrected chi connectivity index (χ0v) is 11.9. The van der Waals surface area contributed by atoms with E-state index in [-0.39, 0.29) is 0 Å². The van der Waals surface area contributed by atoms with Crippen LogP contribution in [0.1, 0.15) is 66.2 Å². The molecule has 98 valence electrons.